The Morgan fingerprint density at radius 2 is 1.96 bits per heavy atom. The van der Waals surface area contributed by atoms with E-state index < -0.39 is 6.04 Å². The fourth-order valence-corrected chi connectivity index (χ4v) is 2.68. The second kappa shape index (κ2) is 8.44. The summed E-state index contributed by atoms with van der Waals surface area (Å²) in [5.41, 5.74) is 0. The average Bonchev–Trinajstić information content (AvgIpc) is 2.96. The van der Waals surface area contributed by atoms with Crippen molar-refractivity contribution < 1.29 is 14.3 Å². The van der Waals surface area contributed by atoms with Crippen LogP contribution >= 0.6 is 11.3 Å². The van der Waals surface area contributed by atoms with Gasteiger partial charge in [-0.05, 0) is 25.0 Å². The maximum atomic E-state index is 12.4. The van der Waals surface area contributed by atoms with Crippen molar-refractivity contribution in [1.82, 2.24) is 10.3 Å². The molecule has 2 rings (SSSR count). The fourth-order valence-electron chi connectivity index (χ4n) is 2.01. The SMILES string of the molecule is Cc1cnc(NC(=O)C(NC(=O)COc2ccccc2)C(C)C)s1. The zero-order valence-electron chi connectivity index (χ0n) is 13.9. The number of thiazole rings is 1. The largest absolute Gasteiger partial charge is 0.484 e. The normalized spacial score (nSPS) is 11.8. The first-order valence-corrected chi connectivity index (χ1v) is 8.48. The van der Waals surface area contributed by atoms with Gasteiger partial charge < -0.3 is 15.4 Å². The minimum atomic E-state index is -0.652. The van der Waals surface area contributed by atoms with E-state index in [1.165, 1.54) is 11.3 Å². The average molecular weight is 347 g/mol. The Morgan fingerprint density at radius 1 is 1.25 bits per heavy atom. The van der Waals surface area contributed by atoms with Crippen molar-refractivity contribution in [3.05, 3.63) is 41.4 Å². The predicted molar refractivity (Wildman–Crippen MR) is 94.2 cm³/mol. The highest BCUT2D eigenvalue weighted by Gasteiger charge is 2.25. The number of carbonyl (C=O) groups is 2. The molecule has 6 nitrogen and oxygen atoms in total. The van der Waals surface area contributed by atoms with Gasteiger partial charge in [-0.1, -0.05) is 32.0 Å². The maximum absolute atomic E-state index is 12.4. The molecule has 0 bridgehead atoms. The van der Waals surface area contributed by atoms with Crippen LogP contribution in [0.15, 0.2) is 36.5 Å². The predicted octanol–water partition coefficient (Wildman–Crippen LogP) is 2.61. The Hall–Kier alpha value is -2.41. The molecule has 24 heavy (non-hydrogen) atoms. The van der Waals surface area contributed by atoms with E-state index in [0.717, 1.165) is 4.88 Å². The molecule has 0 saturated heterocycles. The molecule has 2 amide bonds. The van der Waals surface area contributed by atoms with Crippen LogP contribution in [0.25, 0.3) is 0 Å². The minimum Gasteiger partial charge on any atom is -0.484 e. The van der Waals surface area contributed by atoms with Crippen molar-refractivity contribution in [3.8, 4) is 5.75 Å². The van der Waals surface area contributed by atoms with E-state index in [0.29, 0.717) is 10.9 Å². The van der Waals surface area contributed by atoms with E-state index in [1.54, 1.807) is 18.3 Å². The molecule has 1 unspecified atom stereocenters. The lowest BCUT2D eigenvalue weighted by atomic mass is 10.0. The van der Waals surface area contributed by atoms with Crippen molar-refractivity contribution in [1.29, 1.82) is 0 Å². The lowest BCUT2D eigenvalue weighted by molar-refractivity contribution is -0.128. The first-order valence-electron chi connectivity index (χ1n) is 7.66. The summed E-state index contributed by atoms with van der Waals surface area (Å²) in [5, 5.41) is 5.98. The number of nitrogens with one attached hydrogen (secondary N) is 2. The van der Waals surface area contributed by atoms with Crippen LogP contribution in [0, 0.1) is 12.8 Å². The highest BCUT2D eigenvalue weighted by atomic mass is 32.1. The number of hydrogen-bond acceptors (Lipinski definition) is 5. The van der Waals surface area contributed by atoms with Crippen LogP contribution in [-0.4, -0.2) is 29.4 Å². The van der Waals surface area contributed by atoms with Crippen molar-refractivity contribution in [2.24, 2.45) is 5.92 Å². The quantitative estimate of drug-likeness (QED) is 0.807. The van der Waals surface area contributed by atoms with Crippen molar-refractivity contribution in [3.63, 3.8) is 0 Å². The molecular formula is C17H21N3O3S. The molecule has 0 spiro atoms. The number of aromatic nitrogens is 1. The molecule has 1 aromatic carbocycles. The summed E-state index contributed by atoms with van der Waals surface area (Å²) in [4.78, 5) is 29.5. The summed E-state index contributed by atoms with van der Waals surface area (Å²) >= 11 is 1.39. The summed E-state index contributed by atoms with van der Waals surface area (Å²) in [6.07, 6.45) is 1.69. The van der Waals surface area contributed by atoms with Crippen LogP contribution in [0.4, 0.5) is 5.13 Å². The van der Waals surface area contributed by atoms with Crippen LogP contribution < -0.4 is 15.4 Å². The first kappa shape index (κ1) is 17.9. The van der Waals surface area contributed by atoms with E-state index in [4.69, 9.17) is 4.74 Å². The number of rotatable bonds is 7. The number of benzene rings is 1. The van der Waals surface area contributed by atoms with E-state index in [9.17, 15) is 9.59 Å². The number of hydrogen-bond donors (Lipinski definition) is 2. The summed E-state index contributed by atoms with van der Waals surface area (Å²) in [7, 11) is 0. The van der Waals surface area contributed by atoms with Gasteiger partial charge in [0.15, 0.2) is 11.7 Å². The van der Waals surface area contributed by atoms with Gasteiger partial charge in [0.1, 0.15) is 11.8 Å². The third kappa shape index (κ3) is 5.34. The van der Waals surface area contributed by atoms with E-state index >= 15 is 0 Å². The monoisotopic (exact) mass is 347 g/mol. The number of nitrogens with zero attached hydrogens (tertiary/aromatic N) is 1. The second-order valence-corrected chi connectivity index (χ2v) is 6.89. The highest BCUT2D eigenvalue weighted by molar-refractivity contribution is 7.15. The van der Waals surface area contributed by atoms with Gasteiger partial charge in [-0.3, -0.25) is 9.59 Å². The number of ether oxygens (including phenoxy) is 1. The standard InChI is InChI=1S/C17H21N3O3S/c1-11(2)15(16(22)20-17-18-9-12(3)24-17)19-14(21)10-23-13-7-5-4-6-8-13/h4-9,11,15H,10H2,1-3H3,(H,19,21)(H,18,20,22). The summed E-state index contributed by atoms with van der Waals surface area (Å²) in [6, 6.07) is 8.41. The molecule has 1 aromatic heterocycles. The van der Waals surface area contributed by atoms with Gasteiger partial charge in [0, 0.05) is 11.1 Å². The number of para-hydroxylation sites is 1. The Bertz CT molecular complexity index is 685. The van der Waals surface area contributed by atoms with Gasteiger partial charge in [0.2, 0.25) is 5.91 Å². The molecule has 0 fully saturated rings. The highest BCUT2D eigenvalue weighted by Crippen LogP contribution is 2.17. The molecule has 0 aliphatic rings. The van der Waals surface area contributed by atoms with Crippen LogP contribution in [0.3, 0.4) is 0 Å². The topological polar surface area (TPSA) is 80.3 Å². The molecule has 7 heteroatoms. The molecular weight excluding hydrogens is 326 g/mol. The number of anilines is 1. The van der Waals surface area contributed by atoms with Crippen LogP contribution in [0.2, 0.25) is 0 Å². The van der Waals surface area contributed by atoms with Gasteiger partial charge in [-0.2, -0.15) is 0 Å². The minimum absolute atomic E-state index is 0.0632. The molecule has 1 atom stereocenters. The second-order valence-electron chi connectivity index (χ2n) is 5.66. The summed E-state index contributed by atoms with van der Waals surface area (Å²) in [6.45, 7) is 5.51. The third-order valence-corrected chi connectivity index (χ3v) is 4.06. The summed E-state index contributed by atoms with van der Waals surface area (Å²) < 4.78 is 5.40. The van der Waals surface area contributed by atoms with Gasteiger partial charge >= 0.3 is 0 Å². The van der Waals surface area contributed by atoms with E-state index in [-0.39, 0.29) is 24.3 Å². The molecule has 0 aliphatic heterocycles. The summed E-state index contributed by atoms with van der Waals surface area (Å²) in [5.74, 6) is -0.0846. The third-order valence-electron chi connectivity index (χ3n) is 3.23. The Labute approximate surface area is 145 Å². The number of carbonyl (C=O) groups excluding carboxylic acids is 2. The van der Waals surface area contributed by atoms with Gasteiger partial charge in [0.25, 0.3) is 5.91 Å². The molecule has 1 heterocycles. The van der Waals surface area contributed by atoms with Crippen molar-refractivity contribution in [2.75, 3.05) is 11.9 Å². The molecule has 2 N–H and O–H groups in total. The lowest BCUT2D eigenvalue weighted by Gasteiger charge is -2.21. The van der Waals surface area contributed by atoms with Crippen molar-refractivity contribution >= 4 is 28.3 Å². The van der Waals surface area contributed by atoms with Crippen LogP contribution in [-0.2, 0) is 9.59 Å². The maximum Gasteiger partial charge on any atom is 0.258 e. The molecule has 0 radical (unpaired) electrons. The fraction of sp³-hybridized carbons (Fsp3) is 0.353. The first-order chi connectivity index (χ1) is 11.5. The van der Waals surface area contributed by atoms with Gasteiger partial charge in [0.05, 0.1) is 0 Å². The van der Waals surface area contributed by atoms with Gasteiger partial charge in [-0.15, -0.1) is 11.3 Å². The smallest absolute Gasteiger partial charge is 0.258 e. The van der Waals surface area contributed by atoms with Gasteiger partial charge in [-0.25, -0.2) is 4.98 Å². The molecule has 2 aromatic rings. The zero-order valence-corrected chi connectivity index (χ0v) is 14.7. The van der Waals surface area contributed by atoms with E-state index in [2.05, 4.69) is 15.6 Å². The molecule has 0 aliphatic carbocycles. The van der Waals surface area contributed by atoms with E-state index in [1.807, 2.05) is 39.0 Å². The van der Waals surface area contributed by atoms with Crippen LogP contribution in [0.1, 0.15) is 18.7 Å². The number of amides is 2. The zero-order chi connectivity index (χ0) is 17.5. The lowest BCUT2D eigenvalue weighted by Crippen LogP contribution is -2.48. The van der Waals surface area contributed by atoms with Crippen molar-refractivity contribution in [2.45, 2.75) is 26.8 Å². The number of aryl methyl sites for hydroxylation is 1. The Kier molecular flexibility index (Phi) is 6.31. The van der Waals surface area contributed by atoms with Crippen LogP contribution in [0.5, 0.6) is 5.75 Å². The molecule has 0 saturated carbocycles. The molecule has 128 valence electrons. The Balaban J connectivity index is 1.89. The Morgan fingerprint density at radius 3 is 2.54 bits per heavy atom.